The SMILES string of the molecule is CCNC(=O)[C@@H](Cc1ccccc1)N(Cc1ccc(Br)cc1)C(=O)CSc1ccccc1. The van der Waals surface area contributed by atoms with Crippen molar-refractivity contribution in [2.45, 2.75) is 30.8 Å². The lowest BCUT2D eigenvalue weighted by Gasteiger charge is -2.31. The minimum atomic E-state index is -0.593. The Morgan fingerprint density at radius 3 is 2.16 bits per heavy atom. The Bertz CT molecular complexity index is 997. The van der Waals surface area contributed by atoms with E-state index < -0.39 is 6.04 Å². The van der Waals surface area contributed by atoms with Crippen molar-refractivity contribution in [2.75, 3.05) is 12.3 Å². The van der Waals surface area contributed by atoms with Crippen LogP contribution in [0.1, 0.15) is 18.1 Å². The molecule has 0 unspecified atom stereocenters. The first kappa shape index (κ1) is 24.1. The van der Waals surface area contributed by atoms with Crippen molar-refractivity contribution in [1.82, 2.24) is 10.2 Å². The molecule has 6 heteroatoms. The van der Waals surface area contributed by atoms with Crippen LogP contribution in [0.25, 0.3) is 0 Å². The molecule has 0 aliphatic rings. The number of nitrogens with one attached hydrogen (secondary N) is 1. The van der Waals surface area contributed by atoms with Gasteiger partial charge in [0.1, 0.15) is 6.04 Å². The summed E-state index contributed by atoms with van der Waals surface area (Å²) in [7, 11) is 0. The molecule has 0 radical (unpaired) electrons. The molecule has 1 atom stereocenters. The molecule has 3 aromatic carbocycles. The largest absolute Gasteiger partial charge is 0.355 e. The lowest BCUT2D eigenvalue weighted by atomic mass is 10.0. The van der Waals surface area contributed by atoms with Gasteiger partial charge in [0.05, 0.1) is 5.75 Å². The molecule has 3 aromatic rings. The van der Waals surface area contributed by atoms with Crippen molar-refractivity contribution in [3.63, 3.8) is 0 Å². The van der Waals surface area contributed by atoms with Crippen molar-refractivity contribution >= 4 is 39.5 Å². The second-order valence-corrected chi connectivity index (χ2v) is 9.31. The third-order valence-electron chi connectivity index (χ3n) is 4.99. The van der Waals surface area contributed by atoms with Gasteiger partial charge in [-0.1, -0.05) is 76.6 Å². The van der Waals surface area contributed by atoms with Crippen molar-refractivity contribution in [1.29, 1.82) is 0 Å². The lowest BCUT2D eigenvalue weighted by molar-refractivity contribution is -0.139. The number of hydrogen-bond donors (Lipinski definition) is 1. The molecule has 0 fully saturated rings. The first-order valence-corrected chi connectivity index (χ1v) is 12.4. The third-order valence-corrected chi connectivity index (χ3v) is 6.52. The summed E-state index contributed by atoms with van der Waals surface area (Å²) in [6.07, 6.45) is 0.463. The van der Waals surface area contributed by atoms with Crippen molar-refractivity contribution in [2.24, 2.45) is 0 Å². The van der Waals surface area contributed by atoms with Gasteiger partial charge in [-0.05, 0) is 42.3 Å². The molecule has 2 amide bonds. The van der Waals surface area contributed by atoms with Gasteiger partial charge in [-0.3, -0.25) is 9.59 Å². The zero-order valence-corrected chi connectivity index (χ0v) is 20.4. The van der Waals surface area contributed by atoms with Crippen LogP contribution in [0.15, 0.2) is 94.3 Å². The van der Waals surface area contributed by atoms with Crippen LogP contribution in [0.2, 0.25) is 0 Å². The maximum absolute atomic E-state index is 13.4. The van der Waals surface area contributed by atoms with E-state index in [4.69, 9.17) is 0 Å². The minimum absolute atomic E-state index is 0.0612. The average Bonchev–Trinajstić information content (AvgIpc) is 2.82. The first-order chi connectivity index (χ1) is 15.6. The van der Waals surface area contributed by atoms with Crippen LogP contribution in [-0.4, -0.2) is 35.1 Å². The highest BCUT2D eigenvalue weighted by Gasteiger charge is 2.30. The topological polar surface area (TPSA) is 49.4 Å². The molecule has 4 nitrogen and oxygen atoms in total. The highest BCUT2D eigenvalue weighted by molar-refractivity contribution is 9.10. The van der Waals surface area contributed by atoms with Crippen LogP contribution in [0.3, 0.4) is 0 Å². The number of carbonyl (C=O) groups is 2. The molecule has 0 aliphatic heterocycles. The minimum Gasteiger partial charge on any atom is -0.355 e. The van der Waals surface area contributed by atoms with E-state index in [2.05, 4.69) is 21.2 Å². The van der Waals surface area contributed by atoms with Gasteiger partial charge < -0.3 is 10.2 Å². The number of nitrogens with zero attached hydrogens (tertiary/aromatic N) is 1. The Morgan fingerprint density at radius 1 is 0.906 bits per heavy atom. The van der Waals surface area contributed by atoms with E-state index in [9.17, 15) is 9.59 Å². The highest BCUT2D eigenvalue weighted by atomic mass is 79.9. The summed E-state index contributed by atoms with van der Waals surface area (Å²) in [6, 6.07) is 27.0. The van der Waals surface area contributed by atoms with Crippen LogP contribution in [-0.2, 0) is 22.6 Å². The summed E-state index contributed by atoms with van der Waals surface area (Å²) in [4.78, 5) is 29.3. The van der Waals surface area contributed by atoms with E-state index in [1.165, 1.54) is 11.8 Å². The van der Waals surface area contributed by atoms with E-state index >= 15 is 0 Å². The summed E-state index contributed by atoms with van der Waals surface area (Å²) in [6.45, 7) is 2.78. The van der Waals surface area contributed by atoms with Crippen LogP contribution >= 0.6 is 27.7 Å². The molecule has 166 valence electrons. The number of rotatable bonds is 10. The molecule has 3 rings (SSSR count). The normalized spacial score (nSPS) is 11.6. The lowest BCUT2D eigenvalue weighted by Crippen LogP contribution is -2.51. The van der Waals surface area contributed by atoms with Gasteiger partial charge in [0.15, 0.2) is 0 Å². The molecule has 0 aromatic heterocycles. The van der Waals surface area contributed by atoms with Crippen LogP contribution in [0.4, 0.5) is 0 Å². The third kappa shape index (κ3) is 7.24. The fourth-order valence-corrected chi connectivity index (χ4v) is 4.45. The van der Waals surface area contributed by atoms with E-state index in [0.29, 0.717) is 19.5 Å². The molecular formula is C26H27BrN2O2S. The van der Waals surface area contributed by atoms with Crippen LogP contribution < -0.4 is 5.32 Å². The predicted molar refractivity (Wildman–Crippen MR) is 134 cm³/mol. The molecule has 0 spiro atoms. The van der Waals surface area contributed by atoms with Crippen molar-refractivity contribution in [3.05, 3.63) is 101 Å². The van der Waals surface area contributed by atoms with Gasteiger partial charge in [0.25, 0.3) is 0 Å². The Hall–Kier alpha value is -2.57. The van der Waals surface area contributed by atoms with Gasteiger partial charge in [-0.25, -0.2) is 0 Å². The van der Waals surface area contributed by atoms with Gasteiger partial charge in [0, 0.05) is 28.9 Å². The van der Waals surface area contributed by atoms with Gasteiger partial charge >= 0.3 is 0 Å². The number of hydrogen-bond acceptors (Lipinski definition) is 3. The van der Waals surface area contributed by atoms with E-state index in [-0.39, 0.29) is 17.6 Å². The molecular weight excluding hydrogens is 484 g/mol. The summed E-state index contributed by atoms with van der Waals surface area (Å²) < 4.78 is 0.975. The number of halogens is 1. The van der Waals surface area contributed by atoms with Crippen LogP contribution in [0, 0.1) is 0 Å². The van der Waals surface area contributed by atoms with E-state index in [1.807, 2.05) is 91.9 Å². The molecule has 0 bridgehead atoms. The average molecular weight is 511 g/mol. The Kier molecular flexibility index (Phi) is 9.38. The van der Waals surface area contributed by atoms with Gasteiger partial charge in [0.2, 0.25) is 11.8 Å². The molecule has 0 saturated heterocycles. The van der Waals surface area contributed by atoms with Gasteiger partial charge in [-0.15, -0.1) is 11.8 Å². The Balaban J connectivity index is 1.87. The monoisotopic (exact) mass is 510 g/mol. The van der Waals surface area contributed by atoms with Crippen molar-refractivity contribution in [3.8, 4) is 0 Å². The fourth-order valence-electron chi connectivity index (χ4n) is 3.38. The first-order valence-electron chi connectivity index (χ1n) is 10.6. The second-order valence-electron chi connectivity index (χ2n) is 7.35. The maximum Gasteiger partial charge on any atom is 0.243 e. The van der Waals surface area contributed by atoms with Crippen LogP contribution in [0.5, 0.6) is 0 Å². The van der Waals surface area contributed by atoms with Gasteiger partial charge in [-0.2, -0.15) is 0 Å². The molecule has 32 heavy (non-hydrogen) atoms. The molecule has 0 saturated carbocycles. The summed E-state index contributed by atoms with van der Waals surface area (Å²) in [5.74, 6) is 0.0751. The molecule has 0 heterocycles. The smallest absolute Gasteiger partial charge is 0.243 e. The maximum atomic E-state index is 13.4. The van der Waals surface area contributed by atoms with E-state index in [0.717, 1.165) is 20.5 Å². The number of carbonyl (C=O) groups excluding carboxylic acids is 2. The quantitative estimate of drug-likeness (QED) is 0.375. The number of amides is 2. The number of likely N-dealkylation sites (N-methyl/N-ethyl adjacent to an activating group) is 1. The van der Waals surface area contributed by atoms with E-state index in [1.54, 1.807) is 4.90 Å². The summed E-state index contributed by atoms with van der Waals surface area (Å²) in [5, 5.41) is 2.92. The zero-order chi connectivity index (χ0) is 22.8. The Labute approximate surface area is 202 Å². The second kappa shape index (κ2) is 12.5. The van der Waals surface area contributed by atoms with Crippen molar-refractivity contribution < 1.29 is 9.59 Å². The zero-order valence-electron chi connectivity index (χ0n) is 18.0. The number of benzene rings is 3. The molecule has 1 N–H and O–H groups in total. The predicted octanol–water partition coefficient (Wildman–Crippen LogP) is 5.32. The Morgan fingerprint density at radius 2 is 1.53 bits per heavy atom. The highest BCUT2D eigenvalue weighted by Crippen LogP contribution is 2.21. The summed E-state index contributed by atoms with van der Waals surface area (Å²) >= 11 is 4.95. The summed E-state index contributed by atoms with van der Waals surface area (Å²) in [5.41, 5.74) is 2.00. The standard InChI is InChI=1S/C26H27BrN2O2S/c1-2-28-26(31)24(17-20-9-5-3-6-10-20)29(18-21-13-15-22(27)16-14-21)25(30)19-32-23-11-7-4-8-12-23/h3-16,24H,2,17-19H2,1H3,(H,28,31)/t24-/m1/s1. The molecule has 0 aliphatic carbocycles. The number of thioether (sulfide) groups is 1. The fraction of sp³-hybridized carbons (Fsp3) is 0.231.